The van der Waals surface area contributed by atoms with E-state index in [-0.39, 0.29) is 0 Å². The Morgan fingerprint density at radius 2 is 2.17 bits per heavy atom. The van der Waals surface area contributed by atoms with E-state index in [1.54, 1.807) is 0 Å². The number of carboxylic acids is 1. The first-order valence-corrected chi connectivity index (χ1v) is 6.29. The van der Waals surface area contributed by atoms with Gasteiger partial charge in [0.25, 0.3) is 0 Å². The van der Waals surface area contributed by atoms with Crippen LogP contribution in [-0.2, 0) is 4.79 Å². The third kappa shape index (κ3) is 4.75. The number of para-hydroxylation sites is 1. The zero-order valence-electron chi connectivity index (χ0n) is 11.0. The Bertz CT molecular complexity index is 379. The number of hydrogen-bond donors (Lipinski definition) is 2. The molecular weight excluding hydrogens is 230 g/mol. The topological polar surface area (TPSA) is 58.6 Å². The summed E-state index contributed by atoms with van der Waals surface area (Å²) in [6.45, 7) is 4.96. The van der Waals surface area contributed by atoms with Crippen LogP contribution in [0.3, 0.4) is 0 Å². The monoisotopic (exact) mass is 251 g/mol. The Labute approximate surface area is 108 Å². The summed E-state index contributed by atoms with van der Waals surface area (Å²) in [6.07, 6.45) is 1.49. The molecule has 1 rings (SSSR count). The Morgan fingerprint density at radius 1 is 1.44 bits per heavy atom. The summed E-state index contributed by atoms with van der Waals surface area (Å²) < 4.78 is 5.59. The van der Waals surface area contributed by atoms with E-state index in [2.05, 4.69) is 5.32 Å². The van der Waals surface area contributed by atoms with Crippen LogP contribution in [0.4, 0.5) is 0 Å². The highest BCUT2D eigenvalue weighted by molar-refractivity contribution is 5.73. The Balaban J connectivity index is 2.30. The highest BCUT2D eigenvalue weighted by atomic mass is 16.5. The van der Waals surface area contributed by atoms with Crippen LogP contribution in [0.5, 0.6) is 5.75 Å². The number of hydrogen-bond acceptors (Lipinski definition) is 3. The van der Waals surface area contributed by atoms with E-state index in [4.69, 9.17) is 9.84 Å². The molecule has 0 saturated heterocycles. The molecule has 1 aromatic carbocycles. The number of rotatable bonds is 8. The van der Waals surface area contributed by atoms with Gasteiger partial charge in [-0.3, -0.25) is 4.79 Å². The van der Waals surface area contributed by atoms with Gasteiger partial charge in [0.2, 0.25) is 0 Å². The normalized spacial score (nSPS) is 12.1. The van der Waals surface area contributed by atoms with Crippen LogP contribution in [0.15, 0.2) is 24.3 Å². The molecule has 0 aromatic heterocycles. The predicted molar refractivity (Wildman–Crippen MR) is 71.0 cm³/mol. The molecule has 0 bridgehead atoms. The van der Waals surface area contributed by atoms with Crippen molar-refractivity contribution in [2.24, 2.45) is 0 Å². The Kier molecular flexibility index (Phi) is 6.22. The fraction of sp³-hybridized carbons (Fsp3) is 0.500. The van der Waals surface area contributed by atoms with E-state index in [9.17, 15) is 4.79 Å². The molecule has 2 N–H and O–H groups in total. The van der Waals surface area contributed by atoms with Gasteiger partial charge >= 0.3 is 5.97 Å². The van der Waals surface area contributed by atoms with Crippen molar-refractivity contribution in [2.45, 2.75) is 32.7 Å². The largest absolute Gasteiger partial charge is 0.492 e. The van der Waals surface area contributed by atoms with Gasteiger partial charge in [-0.05, 0) is 25.0 Å². The lowest BCUT2D eigenvalue weighted by Crippen LogP contribution is -2.38. The number of aliphatic carboxylic acids is 1. The molecule has 0 aliphatic rings. The van der Waals surface area contributed by atoms with Crippen LogP contribution in [0.25, 0.3) is 0 Å². The second-order valence-electron chi connectivity index (χ2n) is 4.25. The molecule has 0 spiro atoms. The van der Waals surface area contributed by atoms with Gasteiger partial charge < -0.3 is 15.2 Å². The lowest BCUT2D eigenvalue weighted by atomic mass is 10.2. The number of nitrogens with one attached hydrogen (secondary N) is 1. The quantitative estimate of drug-likeness (QED) is 0.695. The van der Waals surface area contributed by atoms with E-state index in [1.165, 1.54) is 0 Å². The zero-order valence-corrected chi connectivity index (χ0v) is 11.0. The van der Waals surface area contributed by atoms with Gasteiger partial charge in [0, 0.05) is 6.54 Å². The standard InChI is InChI=1S/C14H21NO3/c1-3-6-12(14(16)17)15-9-10-18-13-8-5-4-7-11(13)2/h4-5,7-8,12,15H,3,6,9-10H2,1-2H3,(H,16,17). The fourth-order valence-corrected chi connectivity index (χ4v) is 1.71. The molecular formula is C14H21NO3. The van der Waals surface area contributed by atoms with Crippen LogP contribution in [0.2, 0.25) is 0 Å². The van der Waals surface area contributed by atoms with E-state index >= 15 is 0 Å². The number of carbonyl (C=O) groups is 1. The maximum Gasteiger partial charge on any atom is 0.320 e. The van der Waals surface area contributed by atoms with Crippen LogP contribution in [0, 0.1) is 6.92 Å². The molecule has 0 heterocycles. The van der Waals surface area contributed by atoms with Crippen LogP contribution >= 0.6 is 0 Å². The van der Waals surface area contributed by atoms with Gasteiger partial charge in [-0.25, -0.2) is 0 Å². The molecule has 0 aliphatic carbocycles. The molecule has 0 fully saturated rings. The smallest absolute Gasteiger partial charge is 0.320 e. The third-order valence-corrected chi connectivity index (χ3v) is 2.72. The maximum atomic E-state index is 10.9. The summed E-state index contributed by atoms with van der Waals surface area (Å²) in [5.41, 5.74) is 1.08. The summed E-state index contributed by atoms with van der Waals surface area (Å²) in [5.74, 6) is 0.0504. The molecule has 18 heavy (non-hydrogen) atoms. The van der Waals surface area contributed by atoms with Gasteiger partial charge in [0.05, 0.1) is 0 Å². The van der Waals surface area contributed by atoms with Gasteiger partial charge in [0.1, 0.15) is 18.4 Å². The molecule has 0 aliphatic heterocycles. The number of carboxylic acid groups (broad SMARTS) is 1. The molecule has 100 valence electrons. The van der Waals surface area contributed by atoms with Crippen molar-refractivity contribution in [3.05, 3.63) is 29.8 Å². The van der Waals surface area contributed by atoms with E-state index in [1.807, 2.05) is 38.1 Å². The van der Waals surface area contributed by atoms with Gasteiger partial charge in [-0.2, -0.15) is 0 Å². The van der Waals surface area contributed by atoms with Crippen molar-refractivity contribution in [3.63, 3.8) is 0 Å². The van der Waals surface area contributed by atoms with Crippen LogP contribution < -0.4 is 10.1 Å². The SMILES string of the molecule is CCCC(NCCOc1ccccc1C)C(=O)O. The molecule has 0 saturated carbocycles. The first-order valence-electron chi connectivity index (χ1n) is 6.29. The minimum Gasteiger partial charge on any atom is -0.492 e. The fourth-order valence-electron chi connectivity index (χ4n) is 1.71. The minimum absolute atomic E-state index is 0.471. The first-order chi connectivity index (χ1) is 8.65. The van der Waals surface area contributed by atoms with E-state index in [0.29, 0.717) is 19.6 Å². The van der Waals surface area contributed by atoms with E-state index in [0.717, 1.165) is 17.7 Å². The lowest BCUT2D eigenvalue weighted by molar-refractivity contribution is -0.139. The molecule has 0 radical (unpaired) electrons. The van der Waals surface area contributed by atoms with Crippen molar-refractivity contribution >= 4 is 5.97 Å². The van der Waals surface area contributed by atoms with Crippen molar-refractivity contribution < 1.29 is 14.6 Å². The number of aryl methyl sites for hydroxylation is 1. The Hall–Kier alpha value is -1.55. The molecule has 1 atom stereocenters. The van der Waals surface area contributed by atoms with Crippen molar-refractivity contribution in [3.8, 4) is 5.75 Å². The maximum absolute atomic E-state index is 10.9. The summed E-state index contributed by atoms with van der Waals surface area (Å²) in [7, 11) is 0. The average Bonchev–Trinajstić information content (AvgIpc) is 2.35. The van der Waals surface area contributed by atoms with Crippen LogP contribution in [0.1, 0.15) is 25.3 Å². The molecule has 0 amide bonds. The predicted octanol–water partition coefficient (Wildman–Crippen LogP) is 2.22. The lowest BCUT2D eigenvalue weighted by Gasteiger charge is -2.14. The average molecular weight is 251 g/mol. The molecule has 4 heteroatoms. The second kappa shape index (κ2) is 7.71. The summed E-state index contributed by atoms with van der Waals surface area (Å²) in [4.78, 5) is 10.9. The molecule has 1 unspecified atom stereocenters. The van der Waals surface area contributed by atoms with Gasteiger partial charge in [-0.1, -0.05) is 31.5 Å². The number of benzene rings is 1. The summed E-state index contributed by atoms with van der Waals surface area (Å²) in [6, 6.07) is 7.31. The van der Waals surface area contributed by atoms with Gasteiger partial charge in [-0.15, -0.1) is 0 Å². The van der Waals surface area contributed by atoms with Gasteiger partial charge in [0.15, 0.2) is 0 Å². The summed E-state index contributed by atoms with van der Waals surface area (Å²) in [5, 5.41) is 11.9. The Morgan fingerprint density at radius 3 is 2.78 bits per heavy atom. The first kappa shape index (κ1) is 14.5. The molecule has 4 nitrogen and oxygen atoms in total. The zero-order chi connectivity index (χ0) is 13.4. The molecule has 1 aromatic rings. The third-order valence-electron chi connectivity index (χ3n) is 2.72. The van der Waals surface area contributed by atoms with Crippen molar-refractivity contribution in [1.29, 1.82) is 0 Å². The van der Waals surface area contributed by atoms with Crippen LogP contribution in [-0.4, -0.2) is 30.3 Å². The summed E-state index contributed by atoms with van der Waals surface area (Å²) >= 11 is 0. The van der Waals surface area contributed by atoms with Crippen molar-refractivity contribution in [1.82, 2.24) is 5.32 Å². The number of ether oxygens (including phenoxy) is 1. The highest BCUT2D eigenvalue weighted by Crippen LogP contribution is 2.15. The minimum atomic E-state index is -0.798. The second-order valence-corrected chi connectivity index (χ2v) is 4.25. The van der Waals surface area contributed by atoms with E-state index < -0.39 is 12.0 Å². The highest BCUT2D eigenvalue weighted by Gasteiger charge is 2.14. The van der Waals surface area contributed by atoms with Crippen molar-refractivity contribution in [2.75, 3.05) is 13.2 Å².